The summed E-state index contributed by atoms with van der Waals surface area (Å²) in [5.74, 6) is 1.58. The predicted octanol–water partition coefficient (Wildman–Crippen LogP) is 7.91. The SMILES string of the molecule is CCCCCCCc1nc2ccccc2c(OCc2ccccc2)c1OCc1ccccc1. The van der Waals surface area contributed by atoms with Gasteiger partial charge < -0.3 is 9.47 Å². The van der Waals surface area contributed by atoms with Crippen LogP contribution < -0.4 is 9.47 Å². The minimum absolute atomic E-state index is 0.491. The third-order valence-electron chi connectivity index (χ3n) is 5.84. The fourth-order valence-corrected chi connectivity index (χ4v) is 4.03. The van der Waals surface area contributed by atoms with E-state index in [-0.39, 0.29) is 0 Å². The fourth-order valence-electron chi connectivity index (χ4n) is 4.03. The molecule has 1 heterocycles. The molecular formula is C30H33NO2. The summed E-state index contributed by atoms with van der Waals surface area (Å²) in [6, 6.07) is 28.8. The molecule has 3 heteroatoms. The molecule has 0 saturated heterocycles. The van der Waals surface area contributed by atoms with Gasteiger partial charge in [-0.1, -0.05) is 105 Å². The van der Waals surface area contributed by atoms with Gasteiger partial charge in [-0.25, -0.2) is 4.98 Å². The van der Waals surface area contributed by atoms with Crippen LogP contribution in [0.4, 0.5) is 0 Å². The van der Waals surface area contributed by atoms with Crippen LogP contribution in [0, 0.1) is 0 Å². The number of rotatable bonds is 12. The molecule has 0 atom stereocenters. The molecule has 3 nitrogen and oxygen atoms in total. The number of ether oxygens (including phenoxy) is 2. The summed E-state index contributed by atoms with van der Waals surface area (Å²) in [4.78, 5) is 5.02. The van der Waals surface area contributed by atoms with Crippen LogP contribution in [0.1, 0.15) is 55.8 Å². The zero-order valence-electron chi connectivity index (χ0n) is 19.5. The summed E-state index contributed by atoms with van der Waals surface area (Å²) in [5, 5.41) is 0.992. The van der Waals surface area contributed by atoms with Gasteiger partial charge in [0.2, 0.25) is 0 Å². The van der Waals surface area contributed by atoms with Gasteiger partial charge in [0.25, 0.3) is 0 Å². The Bertz CT molecular complexity index is 1130. The lowest BCUT2D eigenvalue weighted by Crippen LogP contribution is -2.06. The smallest absolute Gasteiger partial charge is 0.183 e. The molecular weight excluding hydrogens is 406 g/mol. The first-order valence-electron chi connectivity index (χ1n) is 12.1. The quantitative estimate of drug-likeness (QED) is 0.210. The molecule has 0 unspecified atom stereocenters. The Labute approximate surface area is 197 Å². The number of aromatic nitrogens is 1. The van der Waals surface area contributed by atoms with Gasteiger partial charge in [-0.05, 0) is 36.1 Å². The molecule has 0 aliphatic heterocycles. The van der Waals surface area contributed by atoms with Gasteiger partial charge >= 0.3 is 0 Å². The maximum absolute atomic E-state index is 6.45. The lowest BCUT2D eigenvalue weighted by Gasteiger charge is -2.19. The highest BCUT2D eigenvalue weighted by atomic mass is 16.5. The Morgan fingerprint density at radius 3 is 1.85 bits per heavy atom. The first kappa shape index (κ1) is 22.8. The van der Waals surface area contributed by atoms with E-state index in [1.807, 2.05) is 48.5 Å². The molecule has 33 heavy (non-hydrogen) atoms. The molecule has 4 rings (SSSR count). The second-order valence-corrected chi connectivity index (χ2v) is 8.45. The van der Waals surface area contributed by atoms with Crippen molar-refractivity contribution in [2.24, 2.45) is 0 Å². The van der Waals surface area contributed by atoms with Gasteiger partial charge in [-0.2, -0.15) is 0 Å². The molecule has 3 aromatic carbocycles. The maximum Gasteiger partial charge on any atom is 0.183 e. The molecule has 1 aromatic heterocycles. The monoisotopic (exact) mass is 439 g/mol. The van der Waals surface area contributed by atoms with Crippen LogP contribution in [0.3, 0.4) is 0 Å². The van der Waals surface area contributed by atoms with E-state index in [2.05, 4.69) is 43.3 Å². The zero-order valence-corrected chi connectivity index (χ0v) is 19.5. The average molecular weight is 440 g/mol. The molecule has 0 amide bonds. The fraction of sp³-hybridized carbons (Fsp3) is 0.300. The molecule has 4 aromatic rings. The number of pyridine rings is 1. The minimum Gasteiger partial charge on any atom is -0.484 e. The van der Waals surface area contributed by atoms with Crippen LogP contribution in [0.5, 0.6) is 11.5 Å². The average Bonchev–Trinajstić information content (AvgIpc) is 2.87. The zero-order chi connectivity index (χ0) is 22.7. The third kappa shape index (κ3) is 6.35. The van der Waals surface area contributed by atoms with E-state index in [4.69, 9.17) is 14.5 Å². The van der Waals surface area contributed by atoms with E-state index in [1.165, 1.54) is 25.7 Å². The third-order valence-corrected chi connectivity index (χ3v) is 5.84. The Balaban J connectivity index is 1.66. The topological polar surface area (TPSA) is 31.4 Å². The summed E-state index contributed by atoms with van der Waals surface area (Å²) in [6.07, 6.45) is 7.00. The van der Waals surface area contributed by atoms with E-state index in [0.29, 0.717) is 13.2 Å². The summed E-state index contributed by atoms with van der Waals surface area (Å²) < 4.78 is 12.9. The molecule has 0 aliphatic carbocycles. The van der Waals surface area contributed by atoms with Crippen LogP contribution >= 0.6 is 0 Å². The second-order valence-electron chi connectivity index (χ2n) is 8.45. The molecule has 0 bridgehead atoms. The number of benzene rings is 3. The Hall–Kier alpha value is -3.33. The highest BCUT2D eigenvalue weighted by Crippen LogP contribution is 2.39. The number of para-hydroxylation sites is 1. The standard InChI is InChI=1S/C30H33NO2/c1-2-3-4-5-12-21-28-30(33-23-25-17-10-7-11-18-25)29(26-19-13-14-20-27(26)31-28)32-22-24-15-8-6-9-16-24/h6-11,13-20H,2-5,12,21-23H2,1H3. The normalized spacial score (nSPS) is 10.9. The van der Waals surface area contributed by atoms with Crippen molar-refractivity contribution >= 4 is 10.9 Å². The van der Waals surface area contributed by atoms with E-state index >= 15 is 0 Å². The minimum atomic E-state index is 0.491. The van der Waals surface area contributed by atoms with Gasteiger partial charge in [0.1, 0.15) is 13.2 Å². The van der Waals surface area contributed by atoms with Crippen molar-refractivity contribution in [3.63, 3.8) is 0 Å². The molecule has 0 radical (unpaired) electrons. The highest BCUT2D eigenvalue weighted by Gasteiger charge is 2.18. The molecule has 0 spiro atoms. The number of aryl methyl sites for hydroxylation is 1. The van der Waals surface area contributed by atoms with Crippen LogP contribution in [0.15, 0.2) is 84.9 Å². The van der Waals surface area contributed by atoms with Crippen molar-refractivity contribution < 1.29 is 9.47 Å². The van der Waals surface area contributed by atoms with Crippen molar-refractivity contribution in [3.05, 3.63) is 102 Å². The van der Waals surface area contributed by atoms with Crippen molar-refractivity contribution in [3.8, 4) is 11.5 Å². The summed E-state index contributed by atoms with van der Waals surface area (Å²) in [7, 11) is 0. The molecule has 0 N–H and O–H groups in total. The van der Waals surface area contributed by atoms with Gasteiger partial charge in [0.05, 0.1) is 11.2 Å². The predicted molar refractivity (Wildman–Crippen MR) is 136 cm³/mol. The van der Waals surface area contributed by atoms with Crippen molar-refractivity contribution in [2.75, 3.05) is 0 Å². The van der Waals surface area contributed by atoms with E-state index in [0.717, 1.165) is 52.1 Å². The Kier molecular flexibility index (Phi) is 8.35. The van der Waals surface area contributed by atoms with E-state index in [1.54, 1.807) is 0 Å². The van der Waals surface area contributed by atoms with Gasteiger partial charge in [-0.15, -0.1) is 0 Å². The van der Waals surface area contributed by atoms with Crippen LogP contribution in [0.25, 0.3) is 10.9 Å². The lowest BCUT2D eigenvalue weighted by atomic mass is 10.1. The number of unbranched alkanes of at least 4 members (excludes halogenated alkanes) is 4. The van der Waals surface area contributed by atoms with Gasteiger partial charge in [0.15, 0.2) is 11.5 Å². The Morgan fingerprint density at radius 2 is 1.18 bits per heavy atom. The second kappa shape index (κ2) is 12.1. The van der Waals surface area contributed by atoms with Crippen molar-refractivity contribution in [1.29, 1.82) is 0 Å². The van der Waals surface area contributed by atoms with Crippen LogP contribution in [-0.2, 0) is 19.6 Å². The molecule has 0 fully saturated rings. The number of hydrogen-bond acceptors (Lipinski definition) is 3. The largest absolute Gasteiger partial charge is 0.484 e. The number of nitrogens with zero attached hydrogens (tertiary/aromatic N) is 1. The highest BCUT2D eigenvalue weighted by molar-refractivity contribution is 5.88. The van der Waals surface area contributed by atoms with E-state index < -0.39 is 0 Å². The summed E-state index contributed by atoms with van der Waals surface area (Å²) in [5.41, 5.74) is 4.21. The molecule has 0 saturated carbocycles. The van der Waals surface area contributed by atoms with Crippen molar-refractivity contribution in [1.82, 2.24) is 4.98 Å². The van der Waals surface area contributed by atoms with Crippen LogP contribution in [0.2, 0.25) is 0 Å². The van der Waals surface area contributed by atoms with Gasteiger partial charge in [-0.3, -0.25) is 0 Å². The maximum atomic E-state index is 6.45. The molecule has 0 aliphatic rings. The van der Waals surface area contributed by atoms with E-state index in [9.17, 15) is 0 Å². The summed E-state index contributed by atoms with van der Waals surface area (Å²) in [6.45, 7) is 3.23. The van der Waals surface area contributed by atoms with Crippen molar-refractivity contribution in [2.45, 2.75) is 58.7 Å². The number of hydrogen-bond donors (Lipinski definition) is 0. The van der Waals surface area contributed by atoms with Crippen LogP contribution in [-0.4, -0.2) is 4.98 Å². The number of fused-ring (bicyclic) bond motifs is 1. The molecule has 170 valence electrons. The first-order chi connectivity index (χ1) is 16.3. The first-order valence-corrected chi connectivity index (χ1v) is 12.1. The summed E-state index contributed by atoms with van der Waals surface area (Å²) >= 11 is 0. The Morgan fingerprint density at radius 1 is 0.606 bits per heavy atom. The lowest BCUT2D eigenvalue weighted by molar-refractivity contribution is 0.255. The van der Waals surface area contributed by atoms with Gasteiger partial charge in [0, 0.05) is 5.39 Å².